The third-order valence-corrected chi connectivity index (χ3v) is 6.56. The summed E-state index contributed by atoms with van der Waals surface area (Å²) in [5, 5.41) is 13.5. The second-order valence-corrected chi connectivity index (χ2v) is 8.68. The molecule has 2 aromatic heterocycles. The Bertz CT molecular complexity index is 1420. The highest BCUT2D eigenvalue weighted by atomic mass is 19.3. The second-order valence-electron chi connectivity index (χ2n) is 8.68. The van der Waals surface area contributed by atoms with E-state index in [0.717, 1.165) is 6.07 Å². The maximum Gasteiger partial charge on any atom is 0.266 e. The second kappa shape index (κ2) is 9.02. The minimum absolute atomic E-state index is 0.0287. The average molecular weight is 484 g/mol. The van der Waals surface area contributed by atoms with E-state index in [1.807, 2.05) is 0 Å². The van der Waals surface area contributed by atoms with Crippen LogP contribution in [0.2, 0.25) is 0 Å². The van der Waals surface area contributed by atoms with Crippen LogP contribution in [0.25, 0.3) is 11.0 Å². The van der Waals surface area contributed by atoms with Gasteiger partial charge in [-0.1, -0.05) is 18.2 Å². The number of carbonyl (C=O) groups excluding carboxylic acids is 1. The Morgan fingerprint density at radius 1 is 1.29 bits per heavy atom. The van der Waals surface area contributed by atoms with Gasteiger partial charge in [0.2, 0.25) is 5.91 Å². The molecule has 0 unspecified atom stereocenters. The van der Waals surface area contributed by atoms with Gasteiger partial charge in [-0.3, -0.25) is 14.2 Å². The minimum atomic E-state index is -2.96. The molecular weight excluding hydrogens is 461 g/mol. The van der Waals surface area contributed by atoms with Crippen molar-refractivity contribution in [1.82, 2.24) is 19.4 Å². The third kappa shape index (κ3) is 4.09. The van der Waals surface area contributed by atoms with Crippen LogP contribution in [0.5, 0.6) is 0 Å². The zero-order chi connectivity index (χ0) is 25.5. The van der Waals surface area contributed by atoms with Crippen LogP contribution in [0.1, 0.15) is 49.4 Å². The molecular formula is C24H23F3N6O2. The molecule has 0 saturated carbocycles. The van der Waals surface area contributed by atoms with E-state index in [-0.39, 0.29) is 35.0 Å². The van der Waals surface area contributed by atoms with Gasteiger partial charge in [0, 0.05) is 38.2 Å². The number of aryl methyl sites for hydroxylation is 1. The number of nitrogens with zero attached hydrogens (tertiary/aromatic N) is 5. The van der Waals surface area contributed by atoms with Crippen LogP contribution in [0.4, 0.5) is 19.0 Å². The largest absolute Gasteiger partial charge is 0.363 e. The van der Waals surface area contributed by atoms with Crippen molar-refractivity contribution in [2.45, 2.75) is 38.2 Å². The Labute approximate surface area is 199 Å². The maximum absolute atomic E-state index is 14.7. The molecule has 1 aliphatic heterocycles. The number of nitrogens with one attached hydrogen (secondary N) is 1. The molecule has 1 saturated heterocycles. The number of nitriles is 1. The first-order valence-electron chi connectivity index (χ1n) is 10.9. The highest BCUT2D eigenvalue weighted by Gasteiger charge is 2.43. The number of rotatable bonds is 5. The number of amides is 1. The quantitative estimate of drug-likeness (QED) is 0.594. The Kier molecular flexibility index (Phi) is 6.23. The number of aromatic nitrogens is 3. The smallest absolute Gasteiger partial charge is 0.266 e. The van der Waals surface area contributed by atoms with E-state index in [1.165, 1.54) is 48.0 Å². The number of halogens is 3. The molecule has 1 N–H and O–H groups in total. The zero-order valence-corrected chi connectivity index (χ0v) is 19.3. The number of anilines is 1. The van der Waals surface area contributed by atoms with E-state index in [2.05, 4.69) is 21.4 Å². The van der Waals surface area contributed by atoms with Gasteiger partial charge in [0.25, 0.3) is 12.0 Å². The highest BCUT2D eigenvalue weighted by molar-refractivity contribution is 5.87. The molecule has 0 radical (unpaired) electrons. The molecule has 1 fully saturated rings. The molecule has 3 heterocycles. The molecule has 3 aromatic rings. The van der Waals surface area contributed by atoms with E-state index in [4.69, 9.17) is 0 Å². The van der Waals surface area contributed by atoms with Gasteiger partial charge >= 0.3 is 0 Å². The van der Waals surface area contributed by atoms with E-state index in [1.54, 1.807) is 6.92 Å². The summed E-state index contributed by atoms with van der Waals surface area (Å²) >= 11 is 0. The number of hydrogen-bond acceptors (Lipinski definition) is 6. The Hall–Kier alpha value is -3.94. The number of alkyl halides is 2. The molecule has 1 aromatic carbocycles. The van der Waals surface area contributed by atoms with Crippen LogP contribution in [-0.2, 0) is 17.3 Å². The van der Waals surface area contributed by atoms with Crippen molar-refractivity contribution in [3.63, 3.8) is 0 Å². The summed E-state index contributed by atoms with van der Waals surface area (Å²) in [7, 11) is 1.52. The lowest BCUT2D eigenvalue weighted by molar-refractivity contribution is -0.127. The zero-order valence-electron chi connectivity index (χ0n) is 19.3. The summed E-state index contributed by atoms with van der Waals surface area (Å²) in [6.07, 6.45) is -1.43. The Balaban J connectivity index is 1.81. The lowest BCUT2D eigenvalue weighted by Crippen LogP contribution is -2.38. The first kappa shape index (κ1) is 24.2. The fraction of sp³-hybridized carbons (Fsp3) is 0.375. The van der Waals surface area contributed by atoms with Gasteiger partial charge in [-0.15, -0.1) is 0 Å². The van der Waals surface area contributed by atoms with Gasteiger partial charge in [0.15, 0.2) is 0 Å². The number of likely N-dealkylation sites (tertiary alicyclic amines) is 1. The highest BCUT2D eigenvalue weighted by Crippen LogP contribution is 2.35. The predicted octanol–water partition coefficient (Wildman–Crippen LogP) is 3.59. The van der Waals surface area contributed by atoms with Crippen LogP contribution in [0, 0.1) is 17.1 Å². The van der Waals surface area contributed by atoms with E-state index in [0.29, 0.717) is 18.4 Å². The molecule has 1 amide bonds. The van der Waals surface area contributed by atoms with Gasteiger partial charge in [0.05, 0.1) is 23.1 Å². The number of hydrogen-bond donors (Lipinski definition) is 1. The fourth-order valence-corrected chi connectivity index (χ4v) is 4.53. The standard InChI is InChI=1S/C24H23F3N6O2/c1-13(15-5-4-6-16(19(15)25)20(26)27)31-21-17-9-18(23(35)32(3)22(17)30-12-29-21)24(10-28)7-8-33(11-24)14(2)34/h4-6,9,12-13,20H,7-8,11H2,1-3H3,(H,29,30,31)/t13-,24-/m1/s1. The van der Waals surface area contributed by atoms with Crippen molar-refractivity contribution in [1.29, 1.82) is 5.26 Å². The number of carbonyl (C=O) groups is 1. The normalized spacial score (nSPS) is 18.6. The number of fused-ring (bicyclic) bond motifs is 1. The summed E-state index contributed by atoms with van der Waals surface area (Å²) in [6.45, 7) is 3.43. The SMILES string of the molecule is CC(=O)N1CC[C@](C#N)(c2cc3c(N[C@H](C)c4cccc(C(F)F)c4F)ncnc3n(C)c2=O)C1. The monoisotopic (exact) mass is 484 g/mol. The summed E-state index contributed by atoms with van der Waals surface area (Å²) in [4.78, 5) is 35.0. The van der Waals surface area contributed by atoms with Gasteiger partial charge in [0.1, 0.15) is 29.0 Å². The van der Waals surface area contributed by atoms with E-state index in [9.17, 15) is 28.0 Å². The van der Waals surface area contributed by atoms with Crippen molar-refractivity contribution in [2.24, 2.45) is 7.05 Å². The van der Waals surface area contributed by atoms with Crippen molar-refractivity contribution in [3.05, 3.63) is 63.5 Å². The van der Waals surface area contributed by atoms with Crippen molar-refractivity contribution in [2.75, 3.05) is 18.4 Å². The molecule has 11 heteroatoms. The molecule has 0 spiro atoms. The van der Waals surface area contributed by atoms with Gasteiger partial charge in [-0.25, -0.2) is 23.1 Å². The molecule has 4 rings (SSSR count). The molecule has 1 aliphatic rings. The van der Waals surface area contributed by atoms with E-state index < -0.39 is 34.8 Å². The first-order valence-corrected chi connectivity index (χ1v) is 10.9. The lowest BCUT2D eigenvalue weighted by atomic mass is 9.81. The Morgan fingerprint density at radius 3 is 2.63 bits per heavy atom. The van der Waals surface area contributed by atoms with Crippen LogP contribution >= 0.6 is 0 Å². The van der Waals surface area contributed by atoms with Crippen LogP contribution < -0.4 is 10.9 Å². The number of pyridine rings is 1. The summed E-state index contributed by atoms with van der Waals surface area (Å²) in [5.41, 5.74) is -1.81. The van der Waals surface area contributed by atoms with Gasteiger partial charge < -0.3 is 10.2 Å². The average Bonchev–Trinajstić information content (AvgIpc) is 3.27. The molecule has 35 heavy (non-hydrogen) atoms. The van der Waals surface area contributed by atoms with Crippen molar-refractivity contribution < 1.29 is 18.0 Å². The molecule has 182 valence electrons. The molecule has 2 atom stereocenters. The molecule has 0 aliphatic carbocycles. The van der Waals surface area contributed by atoms with Crippen LogP contribution in [0.3, 0.4) is 0 Å². The first-order chi connectivity index (χ1) is 16.6. The Morgan fingerprint density at radius 2 is 2.00 bits per heavy atom. The fourth-order valence-electron chi connectivity index (χ4n) is 4.53. The summed E-state index contributed by atoms with van der Waals surface area (Å²) in [5.74, 6) is -0.948. The van der Waals surface area contributed by atoms with Crippen LogP contribution in [0.15, 0.2) is 35.4 Å². The maximum atomic E-state index is 14.7. The van der Waals surface area contributed by atoms with Gasteiger partial charge in [-0.2, -0.15) is 5.26 Å². The third-order valence-electron chi connectivity index (χ3n) is 6.56. The number of benzene rings is 1. The molecule has 0 bridgehead atoms. The topological polar surface area (TPSA) is 104 Å². The molecule has 8 nitrogen and oxygen atoms in total. The summed E-state index contributed by atoms with van der Waals surface area (Å²) in [6, 6.07) is 6.81. The van der Waals surface area contributed by atoms with Crippen LogP contribution in [-0.4, -0.2) is 38.4 Å². The van der Waals surface area contributed by atoms with Crippen molar-refractivity contribution >= 4 is 22.8 Å². The minimum Gasteiger partial charge on any atom is -0.363 e. The van der Waals surface area contributed by atoms with E-state index >= 15 is 0 Å². The van der Waals surface area contributed by atoms with Crippen molar-refractivity contribution in [3.8, 4) is 6.07 Å². The predicted molar refractivity (Wildman–Crippen MR) is 122 cm³/mol. The van der Waals surface area contributed by atoms with Gasteiger partial charge in [-0.05, 0) is 19.4 Å². The summed E-state index contributed by atoms with van der Waals surface area (Å²) < 4.78 is 42.3. The lowest BCUT2D eigenvalue weighted by Gasteiger charge is -2.23.